The van der Waals surface area contributed by atoms with Gasteiger partial charge in [0.05, 0.1) is 11.7 Å². The van der Waals surface area contributed by atoms with Crippen molar-refractivity contribution in [3.63, 3.8) is 0 Å². The minimum atomic E-state index is -1.04. The molecule has 1 amide bonds. The Morgan fingerprint density at radius 1 is 1.36 bits per heavy atom. The molecule has 2 aromatic heterocycles. The number of amides is 1. The highest BCUT2D eigenvalue weighted by Crippen LogP contribution is 2.28. The molecule has 1 aliphatic rings. The molecule has 0 fully saturated rings. The molecule has 6 nitrogen and oxygen atoms in total. The highest BCUT2D eigenvalue weighted by molar-refractivity contribution is 7.10. The van der Waals surface area contributed by atoms with Crippen LogP contribution in [0.1, 0.15) is 27.7 Å². The maximum Gasteiger partial charge on any atom is 0.343 e. The first-order valence-electron chi connectivity index (χ1n) is 8.76. The molecule has 1 aromatic carbocycles. The van der Waals surface area contributed by atoms with Crippen LogP contribution in [0.25, 0.3) is 10.9 Å². The van der Waals surface area contributed by atoms with Crippen LogP contribution in [0.4, 0.5) is 4.39 Å². The van der Waals surface area contributed by atoms with Crippen molar-refractivity contribution < 1.29 is 23.8 Å². The van der Waals surface area contributed by atoms with E-state index in [4.69, 9.17) is 4.74 Å². The Morgan fingerprint density at radius 3 is 3.00 bits per heavy atom. The Kier molecular flexibility index (Phi) is 4.72. The normalized spacial score (nSPS) is 14.6. The summed E-state index contributed by atoms with van der Waals surface area (Å²) < 4.78 is 18.9. The van der Waals surface area contributed by atoms with Crippen LogP contribution in [0.15, 0.2) is 35.8 Å². The van der Waals surface area contributed by atoms with Crippen molar-refractivity contribution in [3.8, 4) is 5.75 Å². The minimum absolute atomic E-state index is 0.130. The third-order valence-corrected chi connectivity index (χ3v) is 5.79. The molecular weight excluding hydrogens is 383 g/mol. The summed E-state index contributed by atoms with van der Waals surface area (Å²) in [6.07, 6.45) is 0.837. The summed E-state index contributed by atoms with van der Waals surface area (Å²) in [4.78, 5) is 32.2. The van der Waals surface area contributed by atoms with Crippen molar-refractivity contribution in [1.29, 1.82) is 0 Å². The first kappa shape index (κ1) is 18.4. The molecule has 28 heavy (non-hydrogen) atoms. The van der Waals surface area contributed by atoms with Crippen molar-refractivity contribution in [2.75, 3.05) is 6.54 Å². The Morgan fingerprint density at radius 2 is 2.18 bits per heavy atom. The van der Waals surface area contributed by atoms with Gasteiger partial charge in [0.15, 0.2) is 6.10 Å². The number of fused-ring (bicyclic) bond motifs is 2. The number of aromatic nitrogens is 1. The minimum Gasteiger partial charge on any atom is -0.505 e. The highest BCUT2D eigenvalue weighted by Gasteiger charge is 2.29. The molecule has 0 spiro atoms. The van der Waals surface area contributed by atoms with Gasteiger partial charge in [-0.25, -0.2) is 9.18 Å². The highest BCUT2D eigenvalue weighted by atomic mass is 32.1. The van der Waals surface area contributed by atoms with Gasteiger partial charge in [-0.15, -0.1) is 11.3 Å². The predicted octanol–water partition coefficient (Wildman–Crippen LogP) is 3.27. The maximum absolute atomic E-state index is 13.6. The Hall–Kier alpha value is -3.00. The van der Waals surface area contributed by atoms with Crippen LogP contribution < -0.4 is 0 Å². The Balaban J connectivity index is 1.54. The van der Waals surface area contributed by atoms with E-state index in [0.717, 1.165) is 24.2 Å². The van der Waals surface area contributed by atoms with Gasteiger partial charge in [-0.1, -0.05) is 0 Å². The van der Waals surface area contributed by atoms with Gasteiger partial charge in [-0.3, -0.25) is 9.78 Å². The lowest BCUT2D eigenvalue weighted by molar-refractivity contribution is -0.140. The predicted molar refractivity (Wildman–Crippen MR) is 102 cm³/mol. The van der Waals surface area contributed by atoms with Crippen LogP contribution in [-0.4, -0.2) is 39.5 Å². The summed E-state index contributed by atoms with van der Waals surface area (Å²) in [5, 5.41) is 12.2. The summed E-state index contributed by atoms with van der Waals surface area (Å²) in [5.41, 5.74) is 1.24. The van der Waals surface area contributed by atoms with E-state index in [1.807, 2.05) is 11.4 Å². The zero-order chi connectivity index (χ0) is 19.8. The summed E-state index contributed by atoms with van der Waals surface area (Å²) in [6, 6.07) is 5.71. The van der Waals surface area contributed by atoms with Gasteiger partial charge in [0.1, 0.15) is 17.1 Å². The zero-order valence-corrected chi connectivity index (χ0v) is 15.8. The molecule has 4 rings (SSSR count). The lowest BCUT2D eigenvalue weighted by Crippen LogP contribution is -2.42. The maximum atomic E-state index is 13.6. The van der Waals surface area contributed by atoms with E-state index < -0.39 is 23.6 Å². The molecule has 0 aliphatic carbocycles. The van der Waals surface area contributed by atoms with Crippen LogP contribution in [0.3, 0.4) is 0 Å². The summed E-state index contributed by atoms with van der Waals surface area (Å²) in [7, 11) is 0. The van der Waals surface area contributed by atoms with E-state index in [2.05, 4.69) is 4.98 Å². The number of benzene rings is 1. The van der Waals surface area contributed by atoms with Gasteiger partial charge in [-0.2, -0.15) is 0 Å². The fourth-order valence-corrected chi connectivity index (χ4v) is 4.22. The quantitative estimate of drug-likeness (QED) is 0.683. The number of ether oxygens (including phenoxy) is 1. The van der Waals surface area contributed by atoms with Gasteiger partial charge >= 0.3 is 5.97 Å². The number of hydrogen-bond donors (Lipinski definition) is 1. The number of thiophene rings is 1. The average Bonchev–Trinajstić information content (AvgIpc) is 3.14. The summed E-state index contributed by atoms with van der Waals surface area (Å²) in [6.45, 7) is 2.53. The molecule has 1 atom stereocenters. The second kappa shape index (κ2) is 7.20. The second-order valence-corrected chi connectivity index (χ2v) is 7.61. The zero-order valence-electron chi connectivity index (χ0n) is 15.0. The van der Waals surface area contributed by atoms with E-state index in [0.29, 0.717) is 18.6 Å². The van der Waals surface area contributed by atoms with Crippen LogP contribution in [-0.2, 0) is 22.5 Å². The van der Waals surface area contributed by atoms with Gasteiger partial charge in [0.2, 0.25) is 0 Å². The smallest absolute Gasteiger partial charge is 0.343 e. The standard InChI is InChI=1S/C20H17FN2O4S/c1-11(19(25)23-6-4-17-12(10-23)5-7-28-17)27-20(26)18-14-8-13(21)2-3-15(14)22-9-16(18)24/h2-3,5,7-9,11,24H,4,6,10H2,1H3. The van der Waals surface area contributed by atoms with Crippen LogP contribution in [0.5, 0.6) is 5.75 Å². The third kappa shape index (κ3) is 3.31. The number of nitrogens with zero attached hydrogens (tertiary/aromatic N) is 2. The molecule has 0 saturated carbocycles. The lowest BCUT2D eigenvalue weighted by Gasteiger charge is -2.29. The molecule has 0 saturated heterocycles. The van der Waals surface area contributed by atoms with Gasteiger partial charge in [-0.05, 0) is 48.6 Å². The number of esters is 1. The number of halogens is 1. The lowest BCUT2D eigenvalue weighted by atomic mass is 10.1. The summed E-state index contributed by atoms with van der Waals surface area (Å²) >= 11 is 1.67. The fourth-order valence-electron chi connectivity index (χ4n) is 3.33. The molecule has 1 unspecified atom stereocenters. The molecule has 8 heteroatoms. The first-order valence-corrected chi connectivity index (χ1v) is 9.64. The first-order chi connectivity index (χ1) is 13.4. The number of pyridine rings is 1. The van der Waals surface area contributed by atoms with Crippen molar-refractivity contribution in [2.24, 2.45) is 0 Å². The largest absolute Gasteiger partial charge is 0.505 e. The van der Waals surface area contributed by atoms with E-state index in [-0.39, 0.29) is 16.9 Å². The molecule has 3 heterocycles. The van der Waals surface area contributed by atoms with Crippen molar-refractivity contribution in [2.45, 2.75) is 26.0 Å². The van der Waals surface area contributed by atoms with Gasteiger partial charge < -0.3 is 14.7 Å². The van der Waals surface area contributed by atoms with Crippen LogP contribution >= 0.6 is 11.3 Å². The number of aromatic hydroxyl groups is 1. The third-order valence-electron chi connectivity index (χ3n) is 4.77. The van der Waals surface area contributed by atoms with Gasteiger partial charge in [0, 0.05) is 23.4 Å². The number of carbonyl (C=O) groups excluding carboxylic acids is 2. The fraction of sp³-hybridized carbons (Fsp3) is 0.250. The SMILES string of the molecule is CC(OC(=O)c1c(O)cnc2ccc(F)cc12)C(=O)N1CCc2sccc2C1. The van der Waals surface area contributed by atoms with Crippen molar-refractivity contribution in [1.82, 2.24) is 9.88 Å². The second-order valence-electron chi connectivity index (χ2n) is 6.61. The number of carbonyl (C=O) groups is 2. The molecule has 1 aliphatic heterocycles. The Bertz CT molecular complexity index is 1080. The topological polar surface area (TPSA) is 79.7 Å². The van der Waals surface area contributed by atoms with E-state index in [1.54, 1.807) is 16.2 Å². The average molecular weight is 400 g/mol. The van der Waals surface area contributed by atoms with Crippen molar-refractivity contribution >= 4 is 34.1 Å². The van der Waals surface area contributed by atoms with Crippen molar-refractivity contribution in [3.05, 3.63) is 57.7 Å². The van der Waals surface area contributed by atoms with Crippen LogP contribution in [0, 0.1) is 5.82 Å². The molecule has 3 aromatic rings. The monoisotopic (exact) mass is 400 g/mol. The molecule has 1 N–H and O–H groups in total. The molecule has 0 radical (unpaired) electrons. The van der Waals surface area contributed by atoms with Gasteiger partial charge in [0.25, 0.3) is 5.91 Å². The van der Waals surface area contributed by atoms with E-state index in [9.17, 15) is 19.1 Å². The molecular formula is C20H17FN2O4S. The van der Waals surface area contributed by atoms with Crippen LogP contribution in [0.2, 0.25) is 0 Å². The van der Waals surface area contributed by atoms with E-state index in [1.165, 1.54) is 23.9 Å². The molecule has 144 valence electrons. The number of hydrogen-bond acceptors (Lipinski definition) is 6. The molecule has 0 bridgehead atoms. The number of rotatable bonds is 3. The Labute approximate surface area is 164 Å². The van der Waals surface area contributed by atoms with E-state index >= 15 is 0 Å². The summed E-state index contributed by atoms with van der Waals surface area (Å²) in [5.74, 6) is -2.21.